The molecule has 22 heavy (non-hydrogen) atoms. The number of amides is 1. The van der Waals surface area contributed by atoms with Gasteiger partial charge in [-0.3, -0.25) is 4.79 Å². The van der Waals surface area contributed by atoms with E-state index in [-0.39, 0.29) is 28.4 Å². The van der Waals surface area contributed by atoms with Gasteiger partial charge in [-0.1, -0.05) is 0 Å². The second kappa shape index (κ2) is 6.54. The Morgan fingerprint density at radius 3 is 2.64 bits per heavy atom. The van der Waals surface area contributed by atoms with Gasteiger partial charge < -0.3 is 4.90 Å². The smallest absolute Gasteiger partial charge is 0.235 e. The first kappa shape index (κ1) is 17.2. The first-order chi connectivity index (χ1) is 10.2. The van der Waals surface area contributed by atoms with E-state index in [9.17, 15) is 22.0 Å². The zero-order chi connectivity index (χ0) is 16.5. The average molecular weight is 349 g/mol. The molecule has 1 heterocycles. The van der Waals surface area contributed by atoms with Gasteiger partial charge in [0.15, 0.2) is 9.84 Å². The van der Waals surface area contributed by atoms with Crippen molar-refractivity contribution < 1.29 is 22.0 Å². The van der Waals surface area contributed by atoms with Crippen LogP contribution in [0.4, 0.5) is 8.78 Å². The van der Waals surface area contributed by atoms with Crippen molar-refractivity contribution in [3.8, 4) is 0 Å². The van der Waals surface area contributed by atoms with Crippen LogP contribution >= 0.6 is 11.8 Å². The van der Waals surface area contributed by atoms with Crippen molar-refractivity contribution in [3.63, 3.8) is 0 Å². The van der Waals surface area contributed by atoms with Crippen LogP contribution in [-0.2, 0) is 14.6 Å². The van der Waals surface area contributed by atoms with E-state index in [1.165, 1.54) is 11.0 Å². The summed E-state index contributed by atoms with van der Waals surface area (Å²) in [4.78, 5) is 13.9. The lowest BCUT2D eigenvalue weighted by Crippen LogP contribution is -2.41. The number of thioether (sulfide) groups is 1. The molecule has 0 bridgehead atoms. The minimum absolute atomic E-state index is 0.0302. The quantitative estimate of drug-likeness (QED) is 0.781. The molecule has 1 amide bonds. The third-order valence-corrected chi connectivity index (χ3v) is 6.54. The van der Waals surface area contributed by atoms with Crippen LogP contribution in [0.25, 0.3) is 0 Å². The predicted molar refractivity (Wildman–Crippen MR) is 81.5 cm³/mol. The fourth-order valence-electron chi connectivity index (χ4n) is 2.36. The van der Waals surface area contributed by atoms with Crippen molar-refractivity contribution in [2.45, 2.75) is 29.5 Å². The van der Waals surface area contributed by atoms with Crippen LogP contribution in [0.3, 0.4) is 0 Å². The van der Waals surface area contributed by atoms with Crippen molar-refractivity contribution in [3.05, 3.63) is 29.8 Å². The van der Waals surface area contributed by atoms with Crippen LogP contribution in [0, 0.1) is 11.6 Å². The molecule has 0 saturated carbocycles. The molecule has 0 aliphatic carbocycles. The molecule has 1 aliphatic rings. The van der Waals surface area contributed by atoms with Crippen LogP contribution in [0.2, 0.25) is 0 Å². The lowest BCUT2D eigenvalue weighted by molar-refractivity contribution is -0.130. The van der Waals surface area contributed by atoms with Crippen LogP contribution < -0.4 is 0 Å². The molecule has 1 aliphatic heterocycles. The van der Waals surface area contributed by atoms with Gasteiger partial charge in [0.25, 0.3) is 0 Å². The topological polar surface area (TPSA) is 54.5 Å². The van der Waals surface area contributed by atoms with Crippen LogP contribution in [0.5, 0.6) is 0 Å². The molecule has 1 aromatic carbocycles. The number of benzene rings is 1. The minimum atomic E-state index is -3.07. The summed E-state index contributed by atoms with van der Waals surface area (Å²) in [5, 5.41) is -0.590. The zero-order valence-corrected chi connectivity index (χ0v) is 13.9. The number of sulfone groups is 1. The number of carbonyl (C=O) groups is 1. The van der Waals surface area contributed by atoms with Gasteiger partial charge in [-0.2, -0.15) is 0 Å². The second-order valence-electron chi connectivity index (χ2n) is 5.34. The number of hydrogen-bond donors (Lipinski definition) is 0. The normalized spacial score (nSPS) is 21.5. The van der Waals surface area contributed by atoms with Gasteiger partial charge in [0.2, 0.25) is 5.91 Å². The highest BCUT2D eigenvalue weighted by Gasteiger charge is 2.34. The second-order valence-corrected chi connectivity index (χ2v) is 8.95. The van der Waals surface area contributed by atoms with E-state index in [0.717, 1.165) is 23.9 Å². The Morgan fingerprint density at radius 2 is 2.09 bits per heavy atom. The van der Waals surface area contributed by atoms with E-state index in [0.29, 0.717) is 6.42 Å². The first-order valence-electron chi connectivity index (χ1n) is 6.78. The number of halogens is 2. The van der Waals surface area contributed by atoms with Crippen molar-refractivity contribution in [2.75, 3.05) is 18.6 Å². The van der Waals surface area contributed by atoms with Crippen LogP contribution in [0.1, 0.15) is 13.3 Å². The Balaban J connectivity index is 2.02. The molecule has 1 aromatic rings. The third kappa shape index (κ3) is 3.98. The number of nitrogens with zero attached hydrogens (tertiary/aromatic N) is 1. The van der Waals surface area contributed by atoms with Crippen molar-refractivity contribution in [2.24, 2.45) is 0 Å². The molecule has 4 nitrogen and oxygen atoms in total. The molecule has 122 valence electrons. The summed E-state index contributed by atoms with van der Waals surface area (Å²) in [5.41, 5.74) is 0. The van der Waals surface area contributed by atoms with Gasteiger partial charge in [-0.15, -0.1) is 11.8 Å². The van der Waals surface area contributed by atoms with Gasteiger partial charge in [-0.05, 0) is 25.5 Å². The largest absolute Gasteiger partial charge is 0.341 e. The average Bonchev–Trinajstić information content (AvgIpc) is 2.80. The van der Waals surface area contributed by atoms with Crippen molar-refractivity contribution in [1.82, 2.24) is 4.90 Å². The molecule has 8 heteroatoms. The molecule has 2 rings (SSSR count). The maximum absolute atomic E-state index is 13.6. The van der Waals surface area contributed by atoms with Gasteiger partial charge in [0.1, 0.15) is 11.6 Å². The summed E-state index contributed by atoms with van der Waals surface area (Å²) in [6.07, 6.45) is 0.423. The Hall–Kier alpha value is -1.15. The lowest BCUT2D eigenvalue weighted by atomic mass is 10.2. The fraction of sp³-hybridized carbons (Fsp3) is 0.500. The molecule has 0 spiro atoms. The van der Waals surface area contributed by atoms with Crippen LogP contribution in [0.15, 0.2) is 23.1 Å². The fourth-order valence-corrected chi connectivity index (χ4v) is 5.10. The van der Waals surface area contributed by atoms with Gasteiger partial charge in [0.05, 0.1) is 16.8 Å². The van der Waals surface area contributed by atoms with Crippen LogP contribution in [-0.4, -0.2) is 49.1 Å². The zero-order valence-electron chi connectivity index (χ0n) is 12.3. The van der Waals surface area contributed by atoms with E-state index in [1.807, 2.05) is 0 Å². The van der Waals surface area contributed by atoms with E-state index < -0.39 is 26.7 Å². The summed E-state index contributed by atoms with van der Waals surface area (Å²) in [6.45, 7) is 1.62. The standard InChI is InChI=1S/C14H17F2NO3S2/c1-9(21-13-4-3-10(15)7-12(13)16)14(18)17(2)11-5-6-22(19,20)8-11/h3-4,7,9,11H,5-6,8H2,1-2H3. The third-order valence-electron chi connectivity index (χ3n) is 3.65. The van der Waals surface area contributed by atoms with Gasteiger partial charge >= 0.3 is 0 Å². The lowest BCUT2D eigenvalue weighted by Gasteiger charge is -2.26. The Bertz CT molecular complexity index is 679. The highest BCUT2D eigenvalue weighted by Crippen LogP contribution is 2.28. The molecule has 2 unspecified atom stereocenters. The van der Waals surface area contributed by atoms with E-state index in [1.54, 1.807) is 14.0 Å². The highest BCUT2D eigenvalue weighted by molar-refractivity contribution is 8.00. The van der Waals surface area contributed by atoms with Crippen molar-refractivity contribution >= 4 is 27.5 Å². The minimum Gasteiger partial charge on any atom is -0.341 e. The molecular formula is C14H17F2NO3S2. The summed E-state index contributed by atoms with van der Waals surface area (Å²) < 4.78 is 49.4. The van der Waals surface area contributed by atoms with E-state index >= 15 is 0 Å². The number of hydrogen-bond acceptors (Lipinski definition) is 4. The first-order valence-corrected chi connectivity index (χ1v) is 9.48. The van der Waals surface area contributed by atoms with Crippen molar-refractivity contribution in [1.29, 1.82) is 0 Å². The predicted octanol–water partition coefficient (Wildman–Crippen LogP) is 2.09. The summed E-state index contributed by atoms with van der Waals surface area (Å²) in [5.74, 6) is -1.60. The maximum atomic E-state index is 13.6. The molecular weight excluding hydrogens is 332 g/mol. The van der Waals surface area contributed by atoms with Gasteiger partial charge in [0, 0.05) is 24.1 Å². The Kier molecular flexibility index (Phi) is 5.11. The molecule has 1 saturated heterocycles. The Morgan fingerprint density at radius 1 is 1.41 bits per heavy atom. The number of rotatable bonds is 4. The Labute approximate surface area is 132 Å². The molecule has 2 atom stereocenters. The molecule has 0 radical (unpaired) electrons. The maximum Gasteiger partial charge on any atom is 0.235 e. The van der Waals surface area contributed by atoms with E-state index in [4.69, 9.17) is 0 Å². The summed E-state index contributed by atoms with van der Waals surface area (Å²) in [6, 6.07) is 2.86. The van der Waals surface area contributed by atoms with Gasteiger partial charge in [-0.25, -0.2) is 17.2 Å². The summed E-state index contributed by atoms with van der Waals surface area (Å²) in [7, 11) is -1.51. The number of carbonyl (C=O) groups excluding carboxylic acids is 1. The van der Waals surface area contributed by atoms with E-state index in [2.05, 4.69) is 0 Å². The highest BCUT2D eigenvalue weighted by atomic mass is 32.2. The molecule has 0 aromatic heterocycles. The molecule has 1 fully saturated rings. The SMILES string of the molecule is CC(Sc1ccc(F)cc1F)C(=O)N(C)C1CCS(=O)(=O)C1. The molecule has 0 N–H and O–H groups in total. The monoisotopic (exact) mass is 349 g/mol. The summed E-state index contributed by atoms with van der Waals surface area (Å²) >= 11 is 0.992.